The lowest BCUT2D eigenvalue weighted by atomic mass is 10.2. The van der Waals surface area contributed by atoms with Crippen molar-refractivity contribution in [1.82, 2.24) is 15.2 Å². The van der Waals surface area contributed by atoms with Crippen molar-refractivity contribution in [3.63, 3.8) is 0 Å². The Morgan fingerprint density at radius 2 is 2.04 bits per heavy atom. The van der Waals surface area contributed by atoms with E-state index in [1.54, 1.807) is 10.9 Å². The molecule has 3 rings (SSSR count). The van der Waals surface area contributed by atoms with Crippen LogP contribution in [0.15, 0.2) is 34.3 Å². The summed E-state index contributed by atoms with van der Waals surface area (Å²) in [5.41, 5.74) is 6.13. The highest BCUT2D eigenvalue weighted by atomic mass is 32.2. The van der Waals surface area contributed by atoms with Gasteiger partial charge in [0.05, 0.1) is 35.2 Å². The fraction of sp³-hybridized carbons (Fsp3) is 0.421. The lowest BCUT2D eigenvalue weighted by Gasteiger charge is -2.10. The van der Waals surface area contributed by atoms with Gasteiger partial charge in [-0.1, -0.05) is 17.7 Å². The van der Waals surface area contributed by atoms with Crippen LogP contribution >= 0.6 is 11.8 Å². The summed E-state index contributed by atoms with van der Waals surface area (Å²) in [6, 6.07) is 7.86. The molecule has 2 heterocycles. The Kier molecular flexibility index (Phi) is 6.24. The predicted octanol–water partition coefficient (Wildman–Crippen LogP) is 2.41. The van der Waals surface area contributed by atoms with Crippen LogP contribution in [0.5, 0.6) is 0 Å². The van der Waals surface area contributed by atoms with Gasteiger partial charge in [-0.15, -0.1) is 11.8 Å². The summed E-state index contributed by atoms with van der Waals surface area (Å²) in [7, 11) is -2.98. The van der Waals surface area contributed by atoms with Gasteiger partial charge in [0.1, 0.15) is 0 Å². The number of hydrazone groups is 1. The number of aryl methyl sites for hydroxylation is 2. The van der Waals surface area contributed by atoms with Crippen LogP contribution in [-0.4, -0.2) is 47.6 Å². The summed E-state index contributed by atoms with van der Waals surface area (Å²) in [5, 5.41) is 8.53. The summed E-state index contributed by atoms with van der Waals surface area (Å²) in [6.07, 6.45) is 2.15. The average molecular weight is 421 g/mol. The number of thioether (sulfide) groups is 1. The van der Waals surface area contributed by atoms with Gasteiger partial charge in [0.25, 0.3) is 0 Å². The number of carbonyl (C=O) groups excluding carboxylic acids is 1. The van der Waals surface area contributed by atoms with Crippen LogP contribution in [0.2, 0.25) is 0 Å². The molecular weight excluding hydrogens is 396 g/mol. The summed E-state index contributed by atoms with van der Waals surface area (Å²) >= 11 is 1.45. The number of carbonyl (C=O) groups is 1. The number of aromatic nitrogens is 2. The molecule has 150 valence electrons. The first-order chi connectivity index (χ1) is 13.2. The third kappa shape index (κ3) is 5.02. The second-order valence-corrected chi connectivity index (χ2v) is 10.3. The normalized spacial score (nSPS) is 18.6. The van der Waals surface area contributed by atoms with Crippen molar-refractivity contribution in [3.8, 4) is 0 Å². The average Bonchev–Trinajstić information content (AvgIpc) is 3.14. The standard InChI is InChI=1S/C19H24N4O3S2/c1-13-4-6-17(7-5-13)27-11-19(24)21-20-10-18-14(2)22-23(15(18)3)16-8-9-28(25,26)12-16/h4-7,10,16H,8-9,11-12H2,1-3H3,(H,21,24)/b20-10-/t16-/m1/s1. The Labute approximate surface area is 169 Å². The molecule has 28 heavy (non-hydrogen) atoms. The minimum absolute atomic E-state index is 0.124. The number of nitrogens with one attached hydrogen (secondary N) is 1. The smallest absolute Gasteiger partial charge is 0.250 e. The molecule has 9 heteroatoms. The minimum Gasteiger partial charge on any atom is -0.272 e. The van der Waals surface area contributed by atoms with Crippen molar-refractivity contribution in [1.29, 1.82) is 0 Å². The Hall–Kier alpha value is -2.13. The SMILES string of the molecule is Cc1ccc(SCC(=O)N/N=C\c2c(C)nn([C@@H]3CCS(=O)(=O)C3)c2C)cc1. The molecule has 1 aromatic heterocycles. The number of rotatable bonds is 6. The Bertz CT molecular complexity index is 995. The van der Waals surface area contributed by atoms with E-state index in [2.05, 4.69) is 15.6 Å². The van der Waals surface area contributed by atoms with E-state index in [-0.39, 0.29) is 29.2 Å². The van der Waals surface area contributed by atoms with Gasteiger partial charge in [0, 0.05) is 16.2 Å². The van der Waals surface area contributed by atoms with Gasteiger partial charge in [-0.25, -0.2) is 13.8 Å². The van der Waals surface area contributed by atoms with Crippen molar-refractivity contribution < 1.29 is 13.2 Å². The predicted molar refractivity (Wildman–Crippen MR) is 112 cm³/mol. The number of hydrogen-bond acceptors (Lipinski definition) is 6. The number of hydrogen-bond donors (Lipinski definition) is 1. The monoisotopic (exact) mass is 420 g/mol. The molecule has 0 aliphatic carbocycles. The number of benzene rings is 1. The van der Waals surface area contributed by atoms with Crippen LogP contribution in [0.4, 0.5) is 0 Å². The van der Waals surface area contributed by atoms with Crippen LogP contribution in [0.3, 0.4) is 0 Å². The molecule has 0 spiro atoms. The van der Waals surface area contributed by atoms with Crippen LogP contribution in [-0.2, 0) is 14.6 Å². The van der Waals surface area contributed by atoms with Gasteiger partial charge in [-0.2, -0.15) is 10.2 Å². The zero-order valence-electron chi connectivity index (χ0n) is 16.2. The molecule has 0 radical (unpaired) electrons. The van der Waals surface area contributed by atoms with E-state index in [0.29, 0.717) is 6.42 Å². The third-order valence-electron chi connectivity index (χ3n) is 4.71. The minimum atomic E-state index is -2.98. The first-order valence-electron chi connectivity index (χ1n) is 9.02. The zero-order chi connectivity index (χ0) is 20.3. The van der Waals surface area contributed by atoms with Gasteiger partial charge in [-0.05, 0) is 39.3 Å². The van der Waals surface area contributed by atoms with E-state index in [4.69, 9.17) is 0 Å². The molecule has 2 aromatic rings. The fourth-order valence-corrected chi connectivity index (χ4v) is 5.55. The maximum Gasteiger partial charge on any atom is 0.250 e. The Balaban J connectivity index is 1.58. The van der Waals surface area contributed by atoms with Crippen LogP contribution in [0.1, 0.15) is 35.0 Å². The molecule has 1 aliphatic heterocycles. The molecule has 0 saturated carbocycles. The summed E-state index contributed by atoms with van der Waals surface area (Å²) < 4.78 is 25.2. The second kappa shape index (κ2) is 8.48. The third-order valence-corrected chi connectivity index (χ3v) is 7.47. The largest absolute Gasteiger partial charge is 0.272 e. The molecule has 7 nitrogen and oxygen atoms in total. The Morgan fingerprint density at radius 1 is 1.32 bits per heavy atom. The molecule has 1 saturated heterocycles. The van der Waals surface area contributed by atoms with Gasteiger partial charge < -0.3 is 0 Å². The van der Waals surface area contributed by atoms with E-state index >= 15 is 0 Å². The second-order valence-electron chi connectivity index (χ2n) is 6.98. The van der Waals surface area contributed by atoms with Crippen LogP contribution in [0.25, 0.3) is 0 Å². The Morgan fingerprint density at radius 3 is 2.68 bits per heavy atom. The lowest BCUT2D eigenvalue weighted by Crippen LogP contribution is -2.19. The van der Waals surface area contributed by atoms with E-state index in [1.165, 1.54) is 17.3 Å². The molecule has 0 unspecified atom stereocenters. The fourth-order valence-electron chi connectivity index (χ4n) is 3.17. The summed E-state index contributed by atoms with van der Waals surface area (Å²) in [6.45, 7) is 5.76. The van der Waals surface area contributed by atoms with Gasteiger partial charge in [0.2, 0.25) is 5.91 Å². The number of sulfone groups is 1. The van der Waals surface area contributed by atoms with Gasteiger partial charge >= 0.3 is 0 Å². The molecule has 1 N–H and O–H groups in total. The van der Waals surface area contributed by atoms with E-state index in [9.17, 15) is 13.2 Å². The van der Waals surface area contributed by atoms with E-state index in [1.807, 2.05) is 45.0 Å². The summed E-state index contributed by atoms with van der Waals surface area (Å²) in [5.74, 6) is 0.413. The van der Waals surface area contributed by atoms with Gasteiger partial charge in [0.15, 0.2) is 9.84 Å². The highest BCUT2D eigenvalue weighted by molar-refractivity contribution is 8.00. The highest BCUT2D eigenvalue weighted by Crippen LogP contribution is 2.26. The number of nitrogens with zero attached hydrogens (tertiary/aromatic N) is 3. The van der Waals surface area contributed by atoms with Crippen molar-refractivity contribution in [2.45, 2.75) is 38.1 Å². The maximum atomic E-state index is 12.0. The van der Waals surface area contributed by atoms with Crippen molar-refractivity contribution in [3.05, 3.63) is 46.8 Å². The molecule has 1 aliphatic rings. The first kappa shape index (κ1) is 20.6. The lowest BCUT2D eigenvalue weighted by molar-refractivity contribution is -0.118. The molecule has 1 fully saturated rings. The molecule has 1 atom stereocenters. The number of amides is 1. The maximum absolute atomic E-state index is 12.0. The molecular formula is C19H24N4O3S2. The zero-order valence-corrected chi connectivity index (χ0v) is 17.8. The quantitative estimate of drug-likeness (QED) is 0.440. The van der Waals surface area contributed by atoms with Crippen molar-refractivity contribution in [2.75, 3.05) is 17.3 Å². The summed E-state index contributed by atoms with van der Waals surface area (Å²) in [4.78, 5) is 13.0. The highest BCUT2D eigenvalue weighted by Gasteiger charge is 2.31. The van der Waals surface area contributed by atoms with E-state index < -0.39 is 9.84 Å². The first-order valence-corrected chi connectivity index (χ1v) is 11.8. The van der Waals surface area contributed by atoms with Crippen molar-refractivity contribution >= 4 is 33.7 Å². The van der Waals surface area contributed by atoms with Crippen LogP contribution in [0, 0.1) is 20.8 Å². The topological polar surface area (TPSA) is 93.4 Å². The van der Waals surface area contributed by atoms with Crippen molar-refractivity contribution in [2.24, 2.45) is 5.10 Å². The van der Waals surface area contributed by atoms with Crippen LogP contribution < -0.4 is 5.43 Å². The molecule has 1 aromatic carbocycles. The van der Waals surface area contributed by atoms with E-state index in [0.717, 1.165) is 21.8 Å². The molecule has 0 bridgehead atoms. The van der Waals surface area contributed by atoms with Gasteiger partial charge in [-0.3, -0.25) is 9.48 Å². The molecule has 1 amide bonds.